The van der Waals surface area contributed by atoms with Crippen LogP contribution in [0.5, 0.6) is 23.0 Å². The molecule has 2 atom stereocenters. The molecule has 102 heavy (non-hydrogen) atoms. The summed E-state index contributed by atoms with van der Waals surface area (Å²) in [6, 6.07) is 87.9. The molecule has 14 aromatic carbocycles. The number of fused-ring (bicyclic) bond motifs is 6. The molecule has 0 spiro atoms. The number of benzene rings is 14. The van der Waals surface area contributed by atoms with Crippen LogP contribution in [0.1, 0.15) is 55.6 Å². The summed E-state index contributed by atoms with van der Waals surface area (Å²) >= 11 is 0. The molecule has 0 aromatic heterocycles. The third-order valence-electron chi connectivity index (χ3n) is 19.4. The number of anilines is 6. The van der Waals surface area contributed by atoms with E-state index in [2.05, 4.69) is 13.2 Å². The maximum Gasteiger partial charge on any atom is 0.194 e. The van der Waals surface area contributed by atoms with E-state index in [9.17, 15) is 0 Å². The molecule has 2 unspecified atom stereocenters. The van der Waals surface area contributed by atoms with E-state index in [1.165, 1.54) is 24.3 Å². The molecule has 2 aliphatic rings. The van der Waals surface area contributed by atoms with Crippen molar-refractivity contribution >= 4 is 46.3 Å². The van der Waals surface area contributed by atoms with Gasteiger partial charge in [0.2, 0.25) is 0 Å². The quantitative estimate of drug-likeness (QED) is 0.0670. The molecule has 0 amide bonds. The van der Waals surface area contributed by atoms with E-state index in [1.807, 2.05) is 216 Å². The van der Waals surface area contributed by atoms with Crippen molar-refractivity contribution in [3.63, 3.8) is 0 Å². The molecule has 0 fully saturated rings. The molecule has 0 radical (unpaired) electrons. The number of nitrogens with zero attached hydrogens (tertiary/aromatic N) is 2. The highest BCUT2D eigenvalue weighted by molar-refractivity contribution is 5.92. The van der Waals surface area contributed by atoms with Crippen LogP contribution in [0.3, 0.4) is 0 Å². The summed E-state index contributed by atoms with van der Waals surface area (Å²) in [6.07, 6.45) is 3.46. The average molecular weight is 1350 g/mol. The van der Waals surface area contributed by atoms with Crippen molar-refractivity contribution in [1.82, 2.24) is 0 Å². The molecule has 2 aliphatic carbocycles. The summed E-state index contributed by atoms with van der Waals surface area (Å²) in [7, 11) is 0. The average Bonchev–Trinajstić information content (AvgIpc) is 1.53. The Bertz CT molecular complexity index is 5220. The van der Waals surface area contributed by atoms with Gasteiger partial charge >= 0.3 is 0 Å². The van der Waals surface area contributed by atoms with E-state index in [4.69, 9.17) is 9.47 Å². The lowest BCUT2D eigenvalue weighted by molar-refractivity contribution is 0.443. The fourth-order valence-electron chi connectivity index (χ4n) is 14.8. The standard InChI is InChI=1S/C90H56F8N2O2/c1-3-55-19-37-71(38-20-55)101-73-41-27-59(28-42-73)89(61-47-83(93)87(97)84(94)48-61)79-17-7-5-15-75(79)77-45-35-69(53-81(77)89)99(67-13-9-11-63(91)51-67)65-31-23-57(24-32-65)58-25-33-66(34-26-58)100(68-14-10-12-64(92)52-68)70-36-46-78-76-16-6-8-18-80(76)90(82(78)54-70,62-49-85(95)88(98)86(96)50-62)60-29-43-74(44-30-60)102-72-39-21-56(4-2)22-40-72/h3-54H,1-2H2. The predicted molar refractivity (Wildman–Crippen MR) is 389 cm³/mol. The Labute approximate surface area is 583 Å². The fourth-order valence-corrected chi connectivity index (χ4v) is 14.8. The summed E-state index contributed by atoms with van der Waals surface area (Å²) in [4.78, 5) is 3.78. The van der Waals surface area contributed by atoms with E-state index in [-0.39, 0.29) is 11.1 Å². The van der Waals surface area contributed by atoms with Crippen molar-refractivity contribution in [3.8, 4) is 56.4 Å². The minimum atomic E-state index is -1.60. The predicted octanol–water partition coefficient (Wildman–Crippen LogP) is 25.0. The van der Waals surface area contributed by atoms with Crippen molar-refractivity contribution in [3.05, 3.63) is 419 Å². The van der Waals surface area contributed by atoms with Crippen molar-refractivity contribution in [2.45, 2.75) is 10.8 Å². The zero-order valence-electron chi connectivity index (χ0n) is 54.2. The maximum atomic E-state index is 15.9. The normalized spacial score (nSPS) is 14.6. The zero-order chi connectivity index (χ0) is 70.0. The van der Waals surface area contributed by atoms with Crippen LogP contribution in [0.2, 0.25) is 0 Å². The molecule has 12 heteroatoms. The van der Waals surface area contributed by atoms with Gasteiger partial charge in [-0.25, -0.2) is 35.1 Å². The smallest absolute Gasteiger partial charge is 0.194 e. The topological polar surface area (TPSA) is 24.9 Å². The third kappa shape index (κ3) is 11.0. The van der Waals surface area contributed by atoms with Crippen molar-refractivity contribution in [2.75, 3.05) is 9.80 Å². The second-order valence-electron chi connectivity index (χ2n) is 25.1. The van der Waals surface area contributed by atoms with Gasteiger partial charge in [-0.1, -0.05) is 171 Å². The molecular weight excluding hydrogens is 1290 g/mol. The number of hydrogen-bond acceptors (Lipinski definition) is 4. The van der Waals surface area contributed by atoms with Crippen LogP contribution in [-0.4, -0.2) is 0 Å². The second kappa shape index (κ2) is 25.8. The summed E-state index contributed by atoms with van der Waals surface area (Å²) in [5.41, 5.74) is 11.0. The van der Waals surface area contributed by atoms with Gasteiger partial charge in [0, 0.05) is 34.1 Å². The van der Waals surface area contributed by atoms with E-state index in [0.29, 0.717) is 90.5 Å². The molecule has 4 nitrogen and oxygen atoms in total. The number of halogens is 8. The Morgan fingerprint density at radius 3 is 0.922 bits per heavy atom. The van der Waals surface area contributed by atoms with Crippen LogP contribution in [0.15, 0.2) is 316 Å². The number of hydrogen-bond donors (Lipinski definition) is 0. The first-order valence-electron chi connectivity index (χ1n) is 32.8. The van der Waals surface area contributed by atoms with Crippen LogP contribution in [0, 0.1) is 46.5 Å². The van der Waals surface area contributed by atoms with Crippen molar-refractivity contribution in [1.29, 1.82) is 0 Å². The van der Waals surface area contributed by atoms with E-state index >= 15 is 35.1 Å². The van der Waals surface area contributed by atoms with Gasteiger partial charge in [-0.15, -0.1) is 0 Å². The Morgan fingerprint density at radius 2 is 0.578 bits per heavy atom. The Hall–Kier alpha value is -12.8. The molecule has 16 rings (SSSR count). The fraction of sp³-hybridized carbons (Fsp3) is 0.0222. The molecule has 0 N–H and O–H groups in total. The number of rotatable bonds is 17. The lowest BCUT2D eigenvalue weighted by atomic mass is 9.67. The van der Waals surface area contributed by atoms with Gasteiger partial charge in [0.15, 0.2) is 34.9 Å². The van der Waals surface area contributed by atoms with Gasteiger partial charge in [0.05, 0.1) is 10.8 Å². The summed E-state index contributed by atoms with van der Waals surface area (Å²) in [6.45, 7) is 7.67. The first-order valence-corrected chi connectivity index (χ1v) is 32.8. The molecular formula is C90H56F8N2O2. The SMILES string of the molecule is C=Cc1ccc(Oc2ccc(C3(c4cc(F)c(F)c(F)c4)c4ccccc4-c4ccc(N(c5ccc(-c6ccc(N(c7cccc(F)c7)c7ccc8c(c7)C(c7ccc(Oc9ccc(C=C)cc9)cc7)(c7cc(F)c(F)c(F)c7)c7ccccc7-8)cc6)cc5)c5cccc(F)c5)cc43)cc2)cc1. The minimum Gasteiger partial charge on any atom is -0.457 e. The van der Waals surface area contributed by atoms with Crippen molar-refractivity contribution in [2.24, 2.45) is 0 Å². The highest BCUT2D eigenvalue weighted by atomic mass is 19.2. The van der Waals surface area contributed by atoms with E-state index < -0.39 is 57.4 Å². The Kier molecular flexibility index (Phi) is 16.2. The van der Waals surface area contributed by atoms with Gasteiger partial charge in [-0.3, -0.25) is 0 Å². The largest absolute Gasteiger partial charge is 0.457 e. The molecule has 0 bridgehead atoms. The van der Waals surface area contributed by atoms with Gasteiger partial charge in [-0.05, 0) is 247 Å². The molecule has 0 heterocycles. The first kappa shape index (κ1) is 63.9. The van der Waals surface area contributed by atoms with Gasteiger partial charge in [0.25, 0.3) is 0 Å². The zero-order valence-corrected chi connectivity index (χ0v) is 54.2. The van der Waals surface area contributed by atoms with Gasteiger partial charge < -0.3 is 19.3 Å². The van der Waals surface area contributed by atoms with Gasteiger partial charge in [0.1, 0.15) is 34.6 Å². The van der Waals surface area contributed by atoms with Crippen LogP contribution in [0.25, 0.3) is 45.5 Å². The summed E-state index contributed by atoms with van der Waals surface area (Å²) in [5.74, 6) is -7.48. The molecule has 494 valence electrons. The van der Waals surface area contributed by atoms with Crippen LogP contribution in [-0.2, 0) is 10.8 Å². The Balaban J connectivity index is 0.779. The lowest BCUT2D eigenvalue weighted by Crippen LogP contribution is -2.29. The number of ether oxygens (including phenoxy) is 2. The summed E-state index contributed by atoms with van der Waals surface area (Å²) < 4.78 is 138. The Morgan fingerprint density at radius 1 is 0.265 bits per heavy atom. The molecule has 0 saturated heterocycles. The monoisotopic (exact) mass is 1350 g/mol. The molecule has 0 aliphatic heterocycles. The van der Waals surface area contributed by atoms with Crippen LogP contribution < -0.4 is 19.3 Å². The minimum absolute atomic E-state index is 0.136. The molecule has 14 aromatic rings. The van der Waals surface area contributed by atoms with E-state index in [1.54, 1.807) is 60.7 Å². The van der Waals surface area contributed by atoms with Crippen molar-refractivity contribution < 1.29 is 44.6 Å². The van der Waals surface area contributed by atoms with E-state index in [0.717, 1.165) is 68.8 Å². The van der Waals surface area contributed by atoms with Gasteiger partial charge in [-0.2, -0.15) is 0 Å². The maximum absolute atomic E-state index is 15.9. The van der Waals surface area contributed by atoms with Crippen LogP contribution >= 0.6 is 0 Å². The highest BCUT2D eigenvalue weighted by Crippen LogP contribution is 2.60. The molecule has 0 saturated carbocycles. The summed E-state index contributed by atoms with van der Waals surface area (Å²) in [5, 5.41) is 0. The van der Waals surface area contributed by atoms with Crippen LogP contribution in [0.4, 0.5) is 69.2 Å². The second-order valence-corrected chi connectivity index (χ2v) is 25.1. The first-order chi connectivity index (χ1) is 49.7. The highest BCUT2D eigenvalue weighted by Gasteiger charge is 2.49. The third-order valence-corrected chi connectivity index (χ3v) is 19.4. The lowest BCUT2D eigenvalue weighted by Gasteiger charge is -2.35.